The molecule has 0 unspecified atom stereocenters. The van der Waals surface area contributed by atoms with Crippen LogP contribution in [0.4, 0.5) is 11.4 Å². The van der Waals surface area contributed by atoms with Crippen LogP contribution in [0.5, 0.6) is 0 Å². The van der Waals surface area contributed by atoms with Crippen LogP contribution in [0.1, 0.15) is 38.5 Å². The van der Waals surface area contributed by atoms with E-state index >= 15 is 0 Å². The summed E-state index contributed by atoms with van der Waals surface area (Å²) in [5, 5.41) is 8.48. The van der Waals surface area contributed by atoms with Gasteiger partial charge in [0.25, 0.3) is 0 Å². The molecule has 0 amide bonds. The molecular weight excluding hydrogens is 262 g/mol. The summed E-state index contributed by atoms with van der Waals surface area (Å²) in [6.07, 6.45) is 7.31. The molecule has 5 nitrogen and oxygen atoms in total. The molecule has 0 bridgehead atoms. The first-order chi connectivity index (χ1) is 8.97. The number of nitrogen functional groups attached to an aromatic ring is 1. The first kappa shape index (κ1) is 14.1. The summed E-state index contributed by atoms with van der Waals surface area (Å²) < 4.78 is 22.5. The molecule has 1 saturated carbocycles. The third kappa shape index (κ3) is 3.84. The molecule has 0 atom stereocenters. The lowest BCUT2D eigenvalue weighted by Crippen LogP contribution is -2.19. The summed E-state index contributed by atoms with van der Waals surface area (Å²) in [4.78, 5) is 0.0522. The van der Waals surface area contributed by atoms with E-state index in [1.165, 1.54) is 37.8 Å². The van der Waals surface area contributed by atoms with Gasteiger partial charge in [-0.25, -0.2) is 13.6 Å². The Labute approximate surface area is 114 Å². The fourth-order valence-electron chi connectivity index (χ4n) is 2.49. The molecule has 1 fully saturated rings. The standard InChI is InChI=1S/C13H21N3O2S/c14-12-9-11(19(15,17)18)7-8-13(12)16-10-5-3-1-2-4-6-10/h7-10,16H,1-6,14H2,(H2,15,17,18). The van der Waals surface area contributed by atoms with Crippen LogP contribution in [0.15, 0.2) is 23.1 Å². The number of sulfonamides is 1. The lowest BCUT2D eigenvalue weighted by atomic mass is 10.1. The van der Waals surface area contributed by atoms with Gasteiger partial charge in [0, 0.05) is 6.04 Å². The van der Waals surface area contributed by atoms with Crippen LogP contribution >= 0.6 is 0 Å². The molecular formula is C13H21N3O2S. The fraction of sp³-hybridized carbons (Fsp3) is 0.538. The maximum atomic E-state index is 11.2. The van der Waals surface area contributed by atoms with Gasteiger partial charge in [-0.3, -0.25) is 0 Å². The van der Waals surface area contributed by atoms with Gasteiger partial charge in [-0.15, -0.1) is 0 Å². The normalized spacial score (nSPS) is 17.9. The minimum Gasteiger partial charge on any atom is -0.397 e. The van der Waals surface area contributed by atoms with E-state index in [1.807, 2.05) is 0 Å². The van der Waals surface area contributed by atoms with Crippen molar-refractivity contribution in [3.05, 3.63) is 18.2 Å². The molecule has 0 aromatic heterocycles. The second-order valence-electron chi connectivity index (χ2n) is 5.13. The van der Waals surface area contributed by atoms with E-state index in [2.05, 4.69) is 5.32 Å². The van der Waals surface area contributed by atoms with Crippen molar-refractivity contribution in [2.24, 2.45) is 5.14 Å². The molecule has 0 saturated heterocycles. The molecule has 0 radical (unpaired) electrons. The fourth-order valence-corrected chi connectivity index (χ4v) is 3.04. The Balaban J connectivity index is 2.12. The monoisotopic (exact) mass is 283 g/mol. The summed E-state index contributed by atoms with van der Waals surface area (Å²) >= 11 is 0. The highest BCUT2D eigenvalue weighted by Crippen LogP contribution is 2.26. The maximum absolute atomic E-state index is 11.2. The van der Waals surface area contributed by atoms with Crippen molar-refractivity contribution >= 4 is 21.4 Å². The van der Waals surface area contributed by atoms with Gasteiger partial charge in [-0.1, -0.05) is 25.7 Å². The third-order valence-corrected chi connectivity index (χ3v) is 4.48. The van der Waals surface area contributed by atoms with E-state index in [9.17, 15) is 8.42 Å². The molecule has 1 aromatic carbocycles. The van der Waals surface area contributed by atoms with E-state index in [-0.39, 0.29) is 4.90 Å². The maximum Gasteiger partial charge on any atom is 0.238 e. The zero-order chi connectivity index (χ0) is 13.9. The minimum atomic E-state index is -3.69. The van der Waals surface area contributed by atoms with Crippen molar-refractivity contribution in [2.45, 2.75) is 49.5 Å². The number of nitrogens with one attached hydrogen (secondary N) is 1. The van der Waals surface area contributed by atoms with Crippen molar-refractivity contribution in [1.29, 1.82) is 0 Å². The Morgan fingerprint density at radius 1 is 1.11 bits per heavy atom. The van der Waals surface area contributed by atoms with Crippen molar-refractivity contribution in [2.75, 3.05) is 11.1 Å². The van der Waals surface area contributed by atoms with Gasteiger partial charge in [0.1, 0.15) is 0 Å². The summed E-state index contributed by atoms with van der Waals surface area (Å²) in [7, 11) is -3.69. The summed E-state index contributed by atoms with van der Waals surface area (Å²) in [5.74, 6) is 0. The van der Waals surface area contributed by atoms with Crippen LogP contribution in [0, 0.1) is 0 Å². The van der Waals surface area contributed by atoms with E-state index in [1.54, 1.807) is 6.07 Å². The highest BCUT2D eigenvalue weighted by Gasteiger charge is 2.14. The zero-order valence-corrected chi connectivity index (χ0v) is 11.7. The van der Waals surface area contributed by atoms with Crippen LogP contribution < -0.4 is 16.2 Å². The number of primary sulfonamides is 1. The Morgan fingerprint density at radius 3 is 2.26 bits per heavy atom. The topological polar surface area (TPSA) is 98.2 Å². The van der Waals surface area contributed by atoms with Gasteiger partial charge in [0.15, 0.2) is 0 Å². The molecule has 1 aliphatic carbocycles. The lowest BCUT2D eigenvalue weighted by Gasteiger charge is -2.19. The first-order valence-corrected chi connectivity index (χ1v) is 8.20. The predicted molar refractivity (Wildman–Crippen MR) is 77.3 cm³/mol. The minimum absolute atomic E-state index is 0.0522. The first-order valence-electron chi connectivity index (χ1n) is 6.66. The Hall–Kier alpha value is -1.27. The van der Waals surface area contributed by atoms with Gasteiger partial charge in [0.2, 0.25) is 10.0 Å². The highest BCUT2D eigenvalue weighted by molar-refractivity contribution is 7.89. The van der Waals surface area contributed by atoms with Crippen LogP contribution in [0.3, 0.4) is 0 Å². The number of nitrogens with two attached hydrogens (primary N) is 2. The smallest absolute Gasteiger partial charge is 0.238 e. The largest absolute Gasteiger partial charge is 0.397 e. The van der Waals surface area contributed by atoms with E-state index in [0.29, 0.717) is 11.7 Å². The zero-order valence-electron chi connectivity index (χ0n) is 10.9. The number of rotatable bonds is 3. The molecule has 1 aromatic rings. The third-order valence-electron chi connectivity index (χ3n) is 3.57. The molecule has 5 N–H and O–H groups in total. The number of benzene rings is 1. The predicted octanol–water partition coefficient (Wildman–Crippen LogP) is 2.05. The lowest BCUT2D eigenvalue weighted by molar-refractivity contribution is 0.598. The van der Waals surface area contributed by atoms with Gasteiger partial charge in [0.05, 0.1) is 16.3 Å². The molecule has 6 heteroatoms. The van der Waals surface area contributed by atoms with Crippen molar-refractivity contribution in [3.63, 3.8) is 0 Å². The van der Waals surface area contributed by atoms with Crippen molar-refractivity contribution in [3.8, 4) is 0 Å². The van der Waals surface area contributed by atoms with Gasteiger partial charge in [-0.2, -0.15) is 0 Å². The number of anilines is 2. The summed E-state index contributed by atoms with van der Waals surface area (Å²) in [6, 6.07) is 5.02. The SMILES string of the molecule is Nc1cc(S(N)(=O)=O)ccc1NC1CCCCCC1. The summed E-state index contributed by atoms with van der Waals surface area (Å²) in [5.41, 5.74) is 7.11. The average Bonchev–Trinajstić information content (AvgIpc) is 2.59. The van der Waals surface area contributed by atoms with Gasteiger partial charge >= 0.3 is 0 Å². The van der Waals surface area contributed by atoms with Crippen molar-refractivity contribution < 1.29 is 8.42 Å². The van der Waals surface area contributed by atoms with E-state index < -0.39 is 10.0 Å². The van der Waals surface area contributed by atoms with Crippen molar-refractivity contribution in [1.82, 2.24) is 0 Å². The van der Waals surface area contributed by atoms with E-state index in [4.69, 9.17) is 10.9 Å². The van der Waals surface area contributed by atoms with E-state index in [0.717, 1.165) is 18.5 Å². The molecule has 2 rings (SSSR count). The second kappa shape index (κ2) is 5.79. The Bertz CT molecular complexity index is 535. The molecule has 1 aliphatic rings. The van der Waals surface area contributed by atoms with Crippen LogP contribution in [0.2, 0.25) is 0 Å². The Kier molecular flexibility index (Phi) is 4.31. The van der Waals surface area contributed by atoms with Gasteiger partial charge in [-0.05, 0) is 31.0 Å². The second-order valence-corrected chi connectivity index (χ2v) is 6.69. The Morgan fingerprint density at radius 2 is 1.74 bits per heavy atom. The molecule has 0 spiro atoms. The molecule has 0 heterocycles. The number of hydrogen-bond donors (Lipinski definition) is 3. The van der Waals surface area contributed by atoms with Crippen LogP contribution in [-0.4, -0.2) is 14.5 Å². The highest BCUT2D eigenvalue weighted by atomic mass is 32.2. The summed E-state index contributed by atoms with van der Waals surface area (Å²) in [6.45, 7) is 0. The molecule has 106 valence electrons. The average molecular weight is 283 g/mol. The number of hydrogen-bond acceptors (Lipinski definition) is 4. The molecule has 19 heavy (non-hydrogen) atoms. The van der Waals surface area contributed by atoms with Crippen LogP contribution in [-0.2, 0) is 10.0 Å². The van der Waals surface area contributed by atoms with Gasteiger partial charge < -0.3 is 11.1 Å². The molecule has 0 aliphatic heterocycles. The quantitative estimate of drug-likeness (QED) is 0.584. The van der Waals surface area contributed by atoms with Crippen LogP contribution in [0.25, 0.3) is 0 Å².